The van der Waals surface area contributed by atoms with E-state index in [-0.39, 0.29) is 14.5 Å². The molecule has 0 aliphatic carbocycles. The third-order valence-corrected chi connectivity index (χ3v) is 5.87. The van der Waals surface area contributed by atoms with Crippen molar-refractivity contribution in [2.75, 3.05) is 5.75 Å². The van der Waals surface area contributed by atoms with Crippen molar-refractivity contribution in [3.63, 3.8) is 0 Å². The number of thioether (sulfide) groups is 1. The molecule has 0 fully saturated rings. The molecule has 0 radical (unpaired) electrons. The zero-order valence-electron chi connectivity index (χ0n) is 8.27. The Morgan fingerprint density at radius 1 is 1.36 bits per heavy atom. The first-order valence-electron chi connectivity index (χ1n) is 4.82. The Bertz CT molecular complexity index is 265. The van der Waals surface area contributed by atoms with Crippen molar-refractivity contribution < 1.29 is 10.0 Å². The first-order valence-corrected chi connectivity index (χ1v) is 7.52. The monoisotopic (exact) mass is 278 g/mol. The van der Waals surface area contributed by atoms with Crippen molar-refractivity contribution in [3.05, 3.63) is 12.1 Å². The summed E-state index contributed by atoms with van der Waals surface area (Å²) < 4.78 is 2.09. The zero-order chi connectivity index (χ0) is 10.4. The Balaban J connectivity index is 2.29. The van der Waals surface area contributed by atoms with Crippen LogP contribution in [0.5, 0.6) is 0 Å². The van der Waals surface area contributed by atoms with E-state index in [0.717, 1.165) is 10.1 Å². The second kappa shape index (κ2) is 6.75. The van der Waals surface area contributed by atoms with E-state index < -0.39 is 7.12 Å². The number of hydrogen-bond donors (Lipinski definition) is 2. The molecule has 78 valence electrons. The van der Waals surface area contributed by atoms with Crippen molar-refractivity contribution in [2.45, 2.75) is 30.0 Å². The van der Waals surface area contributed by atoms with Gasteiger partial charge < -0.3 is 0 Å². The van der Waals surface area contributed by atoms with Crippen LogP contribution in [0.15, 0.2) is 15.9 Å². The third-order valence-electron chi connectivity index (χ3n) is 1.85. The molecule has 1 aromatic rings. The van der Waals surface area contributed by atoms with Gasteiger partial charge in [-0.2, -0.15) is 0 Å². The van der Waals surface area contributed by atoms with Gasteiger partial charge in [0.2, 0.25) is 0 Å². The molecule has 1 aromatic heterocycles. The summed E-state index contributed by atoms with van der Waals surface area (Å²) in [6.07, 6.45) is 3.80. The number of unbranched alkanes of at least 4 members (excludes halogenated alkanes) is 2. The van der Waals surface area contributed by atoms with Crippen LogP contribution in [0, 0.1) is 0 Å². The van der Waals surface area contributed by atoms with Crippen molar-refractivity contribution in [2.24, 2.45) is 0 Å². The van der Waals surface area contributed by atoms with Crippen LogP contribution in [-0.2, 0) is 0 Å². The quantitative estimate of drug-likeness (QED) is 0.457. The molecule has 0 saturated carbocycles. The Kier molecular flexibility index (Phi) is 5.98. The zero-order valence-corrected chi connectivity index (χ0v) is 10.8. The van der Waals surface area contributed by atoms with Gasteiger partial charge in [0.05, 0.1) is 0 Å². The van der Waals surface area contributed by atoms with E-state index in [0.29, 0.717) is 0 Å². The first-order chi connectivity index (χ1) is 6.74. The van der Waals surface area contributed by atoms with Gasteiger partial charge in [-0.05, 0) is 0 Å². The Morgan fingerprint density at radius 2 is 2.14 bits per heavy atom. The number of hydrogen-bond acceptors (Lipinski definition) is 3. The van der Waals surface area contributed by atoms with Crippen LogP contribution in [0.1, 0.15) is 26.2 Å². The van der Waals surface area contributed by atoms with E-state index in [1.54, 1.807) is 0 Å². The molecule has 14 heavy (non-hydrogen) atoms. The summed E-state index contributed by atoms with van der Waals surface area (Å²) >= 11 is 2.02. The summed E-state index contributed by atoms with van der Waals surface area (Å²) in [6.45, 7) is 2.20. The molecule has 1 heterocycles. The fraction of sp³-hybridized carbons (Fsp3) is 0.556. The average molecular weight is 277 g/mol. The summed E-state index contributed by atoms with van der Waals surface area (Å²) in [5.74, 6) is 1.16. The van der Waals surface area contributed by atoms with Crippen molar-refractivity contribution in [3.8, 4) is 0 Å². The van der Waals surface area contributed by atoms with Crippen LogP contribution in [0.4, 0.5) is 0 Å². The second-order valence-electron chi connectivity index (χ2n) is 3.09. The molecule has 0 spiro atoms. The van der Waals surface area contributed by atoms with Gasteiger partial charge in [-0.1, -0.05) is 0 Å². The molecule has 0 atom stereocenters. The average Bonchev–Trinajstić information content (AvgIpc) is 2.61. The van der Waals surface area contributed by atoms with Gasteiger partial charge in [-0.25, -0.2) is 0 Å². The van der Waals surface area contributed by atoms with Crippen molar-refractivity contribution in [1.29, 1.82) is 0 Å². The summed E-state index contributed by atoms with van der Waals surface area (Å²) in [4.78, 5) is 0. The van der Waals surface area contributed by atoms with Crippen LogP contribution >= 0.6 is 11.8 Å². The van der Waals surface area contributed by atoms with Gasteiger partial charge in [-0.15, -0.1) is 0 Å². The van der Waals surface area contributed by atoms with Crippen LogP contribution < -0.4 is 4.34 Å². The topological polar surface area (TPSA) is 40.5 Å². The van der Waals surface area contributed by atoms with Gasteiger partial charge in [0.25, 0.3) is 0 Å². The Labute approximate surface area is 95.6 Å². The Hall–Kier alpha value is 0.334. The fourth-order valence-electron chi connectivity index (χ4n) is 1.08. The summed E-state index contributed by atoms with van der Waals surface area (Å²) in [7, 11) is -1.25. The minimum absolute atomic E-state index is 0.158. The maximum atomic E-state index is 8.94. The maximum absolute atomic E-state index is 8.94. The van der Waals surface area contributed by atoms with Gasteiger partial charge in [0.1, 0.15) is 0 Å². The van der Waals surface area contributed by atoms with Crippen LogP contribution in [0.2, 0.25) is 0 Å². The standard InChI is InChI=1S/C9H15BO2SSe/c1-2-3-4-7-13-9-6-5-8(14-9)10(11)12/h5-6,11-12H,2-4,7H2,1H3. The SMILES string of the molecule is CCCCCSc1ccc(B(O)O)[se]1. The first kappa shape index (κ1) is 12.4. The number of rotatable bonds is 6. The van der Waals surface area contributed by atoms with E-state index in [1.165, 1.54) is 23.0 Å². The van der Waals surface area contributed by atoms with E-state index in [4.69, 9.17) is 10.0 Å². The fourth-order valence-corrected chi connectivity index (χ4v) is 4.52. The summed E-state index contributed by atoms with van der Waals surface area (Å²) in [5.41, 5.74) is 0. The van der Waals surface area contributed by atoms with E-state index >= 15 is 0 Å². The minimum atomic E-state index is -1.25. The molecule has 2 N–H and O–H groups in total. The summed E-state index contributed by atoms with van der Waals surface area (Å²) in [6, 6.07) is 3.86. The molecule has 2 nitrogen and oxygen atoms in total. The predicted molar refractivity (Wildman–Crippen MR) is 63.5 cm³/mol. The molecular formula is C9H15BO2SSe. The molecule has 0 saturated heterocycles. The molecule has 0 amide bonds. The van der Waals surface area contributed by atoms with E-state index in [1.807, 2.05) is 23.9 Å². The van der Waals surface area contributed by atoms with Crippen LogP contribution in [0.25, 0.3) is 0 Å². The van der Waals surface area contributed by atoms with Gasteiger partial charge in [0.15, 0.2) is 0 Å². The normalized spacial score (nSPS) is 10.5. The third kappa shape index (κ3) is 4.24. The molecule has 0 unspecified atom stereocenters. The van der Waals surface area contributed by atoms with Crippen LogP contribution in [-0.4, -0.2) is 37.4 Å². The van der Waals surface area contributed by atoms with Gasteiger partial charge in [0, 0.05) is 0 Å². The van der Waals surface area contributed by atoms with Crippen molar-refractivity contribution >= 4 is 37.7 Å². The van der Waals surface area contributed by atoms with Gasteiger partial charge >= 0.3 is 95.6 Å². The van der Waals surface area contributed by atoms with E-state index in [2.05, 4.69) is 6.92 Å². The molecule has 0 aliphatic rings. The van der Waals surface area contributed by atoms with Crippen LogP contribution in [0.3, 0.4) is 0 Å². The predicted octanol–water partition coefficient (Wildman–Crippen LogP) is 0.706. The Morgan fingerprint density at radius 3 is 2.71 bits per heavy atom. The molecule has 0 aromatic carbocycles. The molecule has 5 heteroatoms. The molecule has 0 aliphatic heterocycles. The molecule has 0 bridgehead atoms. The van der Waals surface area contributed by atoms with Crippen molar-refractivity contribution in [1.82, 2.24) is 0 Å². The second-order valence-corrected chi connectivity index (χ2v) is 7.15. The molecular weight excluding hydrogens is 262 g/mol. The molecule has 1 rings (SSSR count). The summed E-state index contributed by atoms with van der Waals surface area (Å²) in [5, 5.41) is 17.9. The van der Waals surface area contributed by atoms with E-state index in [9.17, 15) is 0 Å². The van der Waals surface area contributed by atoms with Gasteiger partial charge in [-0.3, -0.25) is 0 Å².